The average molecular weight is 173 g/mol. The van der Waals surface area contributed by atoms with Crippen LogP contribution in [0.5, 0.6) is 0 Å². The molecule has 1 aromatic carbocycles. The van der Waals surface area contributed by atoms with Crippen LogP contribution in [-0.2, 0) is 19.6 Å². The molecule has 0 radical (unpaired) electrons. The van der Waals surface area contributed by atoms with Gasteiger partial charge in [0.2, 0.25) is 0 Å². The van der Waals surface area contributed by atoms with E-state index in [4.69, 9.17) is 0 Å². The normalized spacial score (nSPS) is 8.80. The van der Waals surface area contributed by atoms with Gasteiger partial charge in [0, 0.05) is 12.1 Å². The second-order valence-electron chi connectivity index (χ2n) is 1.60. The van der Waals surface area contributed by atoms with E-state index in [1.54, 1.807) is 24.3 Å². The number of benzene rings is 1. The van der Waals surface area contributed by atoms with Crippen LogP contribution in [0, 0.1) is 0 Å². The summed E-state index contributed by atoms with van der Waals surface area (Å²) in [6.45, 7) is 0. The van der Waals surface area contributed by atoms with Gasteiger partial charge in [-0.25, -0.2) is 0 Å². The Balaban J connectivity index is 3.10. The maximum absolute atomic E-state index is 10.1. The minimum Gasteiger partial charge on any atom is -0.128 e. The SMILES string of the molecule is O=S(=O)=[S+]c1ccccc1. The first-order valence-corrected chi connectivity index (χ1v) is 5.02. The number of hydrogen-bond donors (Lipinski definition) is 0. The summed E-state index contributed by atoms with van der Waals surface area (Å²) in [4.78, 5) is 0.746. The minimum absolute atomic E-state index is 0.746. The smallest absolute Gasteiger partial charge is 0.128 e. The molecular weight excluding hydrogens is 168 g/mol. The predicted molar refractivity (Wildman–Crippen MR) is 41.0 cm³/mol. The van der Waals surface area contributed by atoms with Gasteiger partial charge in [-0.2, -0.15) is 0 Å². The molecule has 1 aromatic rings. The minimum atomic E-state index is -2.05. The molecule has 0 atom stereocenters. The maximum Gasteiger partial charge on any atom is 0.478 e. The second kappa shape index (κ2) is 3.43. The van der Waals surface area contributed by atoms with Crippen molar-refractivity contribution in [2.75, 3.05) is 0 Å². The van der Waals surface area contributed by atoms with E-state index in [0.717, 1.165) is 15.2 Å². The third kappa shape index (κ3) is 2.24. The van der Waals surface area contributed by atoms with Crippen LogP contribution in [0.15, 0.2) is 35.2 Å². The monoisotopic (exact) mass is 173 g/mol. The van der Waals surface area contributed by atoms with Gasteiger partial charge in [0.25, 0.3) is 4.90 Å². The molecule has 0 saturated carbocycles. The van der Waals surface area contributed by atoms with Crippen LogP contribution in [0.25, 0.3) is 0 Å². The van der Waals surface area contributed by atoms with Crippen LogP contribution in [0.2, 0.25) is 0 Å². The molecule has 1 rings (SSSR count). The molecule has 0 aromatic heterocycles. The Morgan fingerprint density at radius 3 is 2.20 bits per heavy atom. The van der Waals surface area contributed by atoms with Crippen molar-refractivity contribution in [3.05, 3.63) is 30.3 Å². The molecule has 52 valence electrons. The number of rotatable bonds is 1. The zero-order valence-electron chi connectivity index (χ0n) is 5.02. The first kappa shape index (κ1) is 7.37. The fraction of sp³-hybridized carbons (Fsp3) is 0. The summed E-state index contributed by atoms with van der Waals surface area (Å²) in [5.74, 6) is 0. The average Bonchev–Trinajstić information content (AvgIpc) is 1.88. The Labute approximate surface area is 63.7 Å². The van der Waals surface area contributed by atoms with Gasteiger partial charge < -0.3 is 0 Å². The molecule has 0 unspecified atom stereocenters. The first-order valence-electron chi connectivity index (χ1n) is 2.61. The van der Waals surface area contributed by atoms with Gasteiger partial charge in [-0.15, -0.1) is 8.42 Å². The zero-order chi connectivity index (χ0) is 7.40. The summed E-state index contributed by atoms with van der Waals surface area (Å²) in [7, 11) is -1.23. The molecule has 10 heavy (non-hydrogen) atoms. The molecule has 0 bridgehead atoms. The van der Waals surface area contributed by atoms with Crippen molar-refractivity contribution < 1.29 is 8.42 Å². The van der Waals surface area contributed by atoms with Gasteiger partial charge >= 0.3 is 19.6 Å². The van der Waals surface area contributed by atoms with Crippen LogP contribution < -0.4 is 0 Å². The molecule has 0 heterocycles. The highest BCUT2D eigenvalue weighted by molar-refractivity contribution is 8.23. The lowest BCUT2D eigenvalue weighted by Gasteiger charge is -1.72. The fourth-order valence-corrected chi connectivity index (χ4v) is 1.78. The van der Waals surface area contributed by atoms with Crippen molar-refractivity contribution in [1.82, 2.24) is 0 Å². The summed E-state index contributed by atoms with van der Waals surface area (Å²) in [6.07, 6.45) is 0. The molecule has 0 saturated heterocycles. The molecule has 0 aliphatic carbocycles. The van der Waals surface area contributed by atoms with Crippen LogP contribution >= 0.6 is 0 Å². The van der Waals surface area contributed by atoms with Crippen LogP contribution in [0.3, 0.4) is 0 Å². The summed E-state index contributed by atoms with van der Waals surface area (Å²) in [5, 5.41) is 0. The largest absolute Gasteiger partial charge is 0.478 e. The third-order valence-electron chi connectivity index (χ3n) is 0.907. The molecule has 0 fully saturated rings. The van der Waals surface area contributed by atoms with Crippen molar-refractivity contribution in [1.29, 1.82) is 0 Å². The Hall–Kier alpha value is -0.740. The summed E-state index contributed by atoms with van der Waals surface area (Å²) in [6, 6.07) is 8.95. The summed E-state index contributed by atoms with van der Waals surface area (Å²) in [5.41, 5.74) is 0. The summed E-state index contributed by atoms with van der Waals surface area (Å²) >= 11 is 0. The van der Waals surface area contributed by atoms with Gasteiger partial charge in [-0.1, -0.05) is 18.2 Å². The lowest BCUT2D eigenvalue weighted by Crippen LogP contribution is -1.70. The van der Waals surface area contributed by atoms with Crippen molar-refractivity contribution >= 4 is 19.6 Å². The van der Waals surface area contributed by atoms with Crippen molar-refractivity contribution in [2.45, 2.75) is 4.90 Å². The summed E-state index contributed by atoms with van der Waals surface area (Å²) < 4.78 is 20.3. The Bertz CT molecular complexity index is 318. The Morgan fingerprint density at radius 1 is 1.10 bits per heavy atom. The highest BCUT2D eigenvalue weighted by Gasteiger charge is 2.00. The number of hydrogen-bond acceptors (Lipinski definition) is 2. The van der Waals surface area contributed by atoms with Crippen molar-refractivity contribution in [3.8, 4) is 0 Å². The quantitative estimate of drug-likeness (QED) is 0.592. The third-order valence-corrected chi connectivity index (χ3v) is 2.49. The van der Waals surface area contributed by atoms with Crippen LogP contribution in [0.1, 0.15) is 0 Å². The van der Waals surface area contributed by atoms with Gasteiger partial charge in [0.15, 0.2) is 0 Å². The van der Waals surface area contributed by atoms with Crippen molar-refractivity contribution in [3.63, 3.8) is 0 Å². The van der Waals surface area contributed by atoms with Gasteiger partial charge in [-0.3, -0.25) is 0 Å². The molecule has 0 amide bonds. The fourth-order valence-electron chi connectivity index (χ4n) is 0.555. The molecule has 0 aliphatic heterocycles. The van der Waals surface area contributed by atoms with Gasteiger partial charge in [0.1, 0.15) is 0 Å². The second-order valence-corrected chi connectivity index (χ2v) is 3.96. The standard InChI is InChI=1S/C6H5O2S2/c7-10(8)9-6-4-2-1-3-5-6/h1-5H/q+1. The van der Waals surface area contributed by atoms with E-state index in [0.29, 0.717) is 0 Å². The van der Waals surface area contributed by atoms with Crippen molar-refractivity contribution in [2.24, 2.45) is 0 Å². The molecule has 0 aliphatic rings. The van der Waals surface area contributed by atoms with Gasteiger partial charge in [0.05, 0.1) is 0 Å². The maximum atomic E-state index is 10.1. The van der Waals surface area contributed by atoms with Crippen LogP contribution in [0.4, 0.5) is 0 Å². The molecule has 0 N–H and O–H groups in total. The lowest BCUT2D eigenvalue weighted by atomic mass is 10.4. The molecule has 0 spiro atoms. The topological polar surface area (TPSA) is 34.1 Å². The van der Waals surface area contributed by atoms with E-state index in [9.17, 15) is 8.42 Å². The van der Waals surface area contributed by atoms with E-state index in [1.807, 2.05) is 6.07 Å². The van der Waals surface area contributed by atoms with E-state index in [1.165, 1.54) is 0 Å². The highest BCUT2D eigenvalue weighted by atomic mass is 32.8. The van der Waals surface area contributed by atoms with E-state index >= 15 is 0 Å². The predicted octanol–water partition coefficient (Wildman–Crippen LogP) is 0.922. The Kier molecular flexibility index (Phi) is 2.53. The lowest BCUT2D eigenvalue weighted by molar-refractivity contribution is 0.628. The first-order chi connectivity index (χ1) is 4.79. The molecular formula is C6H5O2S2+. The van der Waals surface area contributed by atoms with E-state index in [2.05, 4.69) is 0 Å². The highest BCUT2D eigenvalue weighted by Crippen LogP contribution is 1.96. The van der Waals surface area contributed by atoms with Gasteiger partial charge in [-0.05, 0) is 0 Å². The van der Waals surface area contributed by atoms with E-state index in [-0.39, 0.29) is 0 Å². The van der Waals surface area contributed by atoms with E-state index < -0.39 is 9.26 Å². The van der Waals surface area contributed by atoms with Crippen LogP contribution in [-0.4, -0.2) is 8.42 Å². The molecule has 2 nitrogen and oxygen atoms in total. The Morgan fingerprint density at radius 2 is 1.70 bits per heavy atom. The molecule has 4 heteroatoms. The zero-order valence-corrected chi connectivity index (χ0v) is 6.65.